The van der Waals surface area contributed by atoms with E-state index >= 15 is 0 Å². The minimum atomic E-state index is -0.301. The third-order valence-corrected chi connectivity index (χ3v) is 4.41. The normalized spacial score (nSPS) is 10.5. The fourth-order valence-electron chi connectivity index (χ4n) is 2.34. The van der Waals surface area contributed by atoms with Crippen LogP contribution in [0.5, 0.6) is 5.75 Å². The standard InChI is InChI=1S/C20H18BrNO3/c1-13-7-8-14(2)19(11-13)24-12-15-9-10-18(25-15)20(23)22-17-6-4-3-5-16(17)21/h3-11H,12H2,1-2H3,(H,22,23). The molecule has 2 aromatic carbocycles. The third kappa shape index (κ3) is 4.31. The lowest BCUT2D eigenvalue weighted by Crippen LogP contribution is -2.11. The molecule has 128 valence electrons. The van der Waals surface area contributed by atoms with Crippen molar-refractivity contribution in [3.63, 3.8) is 0 Å². The van der Waals surface area contributed by atoms with Crippen LogP contribution in [0.2, 0.25) is 0 Å². The molecule has 3 aromatic rings. The molecule has 0 unspecified atom stereocenters. The summed E-state index contributed by atoms with van der Waals surface area (Å²) >= 11 is 3.40. The lowest BCUT2D eigenvalue weighted by atomic mass is 10.1. The van der Waals surface area contributed by atoms with Gasteiger partial charge in [0.15, 0.2) is 5.76 Å². The number of para-hydroxylation sites is 1. The summed E-state index contributed by atoms with van der Waals surface area (Å²) in [6, 6.07) is 16.9. The first kappa shape index (κ1) is 17.3. The summed E-state index contributed by atoms with van der Waals surface area (Å²) in [4.78, 5) is 12.3. The van der Waals surface area contributed by atoms with Gasteiger partial charge in [-0.1, -0.05) is 24.3 Å². The number of anilines is 1. The number of rotatable bonds is 5. The second-order valence-corrected chi connectivity index (χ2v) is 6.61. The summed E-state index contributed by atoms with van der Waals surface area (Å²) in [6.07, 6.45) is 0. The molecule has 0 aliphatic rings. The van der Waals surface area contributed by atoms with Gasteiger partial charge in [0.2, 0.25) is 0 Å². The summed E-state index contributed by atoms with van der Waals surface area (Å²) in [7, 11) is 0. The van der Waals surface area contributed by atoms with Crippen molar-refractivity contribution in [1.82, 2.24) is 0 Å². The van der Waals surface area contributed by atoms with Crippen LogP contribution in [0.3, 0.4) is 0 Å². The molecule has 1 aromatic heterocycles. The summed E-state index contributed by atoms with van der Waals surface area (Å²) in [5, 5.41) is 2.81. The molecule has 0 saturated heterocycles. The van der Waals surface area contributed by atoms with Crippen LogP contribution < -0.4 is 10.1 Å². The molecule has 25 heavy (non-hydrogen) atoms. The van der Waals surface area contributed by atoms with Crippen molar-refractivity contribution >= 4 is 27.5 Å². The maximum atomic E-state index is 12.3. The predicted octanol–water partition coefficient (Wildman–Crippen LogP) is 5.49. The first-order valence-corrected chi connectivity index (χ1v) is 8.67. The molecule has 5 heteroatoms. The number of benzene rings is 2. The Kier molecular flexibility index (Phi) is 5.24. The summed E-state index contributed by atoms with van der Waals surface area (Å²) in [5.74, 6) is 1.36. The van der Waals surface area contributed by atoms with E-state index in [9.17, 15) is 4.79 Å². The van der Waals surface area contributed by atoms with Crippen LogP contribution in [0, 0.1) is 13.8 Å². The van der Waals surface area contributed by atoms with E-state index in [0.29, 0.717) is 11.4 Å². The quantitative estimate of drug-likeness (QED) is 0.616. The third-order valence-electron chi connectivity index (χ3n) is 3.72. The molecule has 3 rings (SSSR count). The smallest absolute Gasteiger partial charge is 0.291 e. The maximum absolute atomic E-state index is 12.3. The number of carbonyl (C=O) groups is 1. The monoisotopic (exact) mass is 399 g/mol. The molecule has 1 heterocycles. The fourth-order valence-corrected chi connectivity index (χ4v) is 2.72. The van der Waals surface area contributed by atoms with Crippen molar-refractivity contribution in [1.29, 1.82) is 0 Å². The van der Waals surface area contributed by atoms with Crippen LogP contribution in [0.4, 0.5) is 5.69 Å². The molecular formula is C20H18BrNO3. The van der Waals surface area contributed by atoms with Gasteiger partial charge in [-0.25, -0.2) is 0 Å². The van der Waals surface area contributed by atoms with Crippen molar-refractivity contribution < 1.29 is 13.9 Å². The molecule has 0 bridgehead atoms. The van der Waals surface area contributed by atoms with Gasteiger partial charge in [0, 0.05) is 4.47 Å². The number of nitrogens with one attached hydrogen (secondary N) is 1. The van der Waals surface area contributed by atoms with Gasteiger partial charge in [-0.3, -0.25) is 4.79 Å². The van der Waals surface area contributed by atoms with Crippen molar-refractivity contribution in [2.24, 2.45) is 0 Å². The summed E-state index contributed by atoms with van der Waals surface area (Å²) in [6.45, 7) is 4.28. The van der Waals surface area contributed by atoms with Crippen LogP contribution in [0.25, 0.3) is 0 Å². The van der Waals surface area contributed by atoms with Crippen LogP contribution in [-0.2, 0) is 6.61 Å². The van der Waals surface area contributed by atoms with Gasteiger partial charge >= 0.3 is 0 Å². The summed E-state index contributed by atoms with van der Waals surface area (Å²) in [5.41, 5.74) is 2.88. The zero-order valence-electron chi connectivity index (χ0n) is 14.0. The van der Waals surface area contributed by atoms with E-state index in [0.717, 1.165) is 21.3 Å². The molecule has 0 fully saturated rings. The van der Waals surface area contributed by atoms with Gasteiger partial charge in [0.25, 0.3) is 5.91 Å². The van der Waals surface area contributed by atoms with E-state index < -0.39 is 0 Å². The Morgan fingerprint density at radius 3 is 2.72 bits per heavy atom. The van der Waals surface area contributed by atoms with E-state index in [-0.39, 0.29) is 18.3 Å². The molecular weight excluding hydrogens is 382 g/mol. The molecule has 0 atom stereocenters. The molecule has 1 amide bonds. The minimum Gasteiger partial charge on any atom is -0.485 e. The van der Waals surface area contributed by atoms with E-state index in [2.05, 4.69) is 21.2 Å². The zero-order chi connectivity index (χ0) is 17.8. The lowest BCUT2D eigenvalue weighted by Gasteiger charge is -2.08. The van der Waals surface area contributed by atoms with E-state index in [1.54, 1.807) is 12.1 Å². The van der Waals surface area contributed by atoms with Crippen LogP contribution >= 0.6 is 15.9 Å². The minimum absolute atomic E-state index is 0.246. The van der Waals surface area contributed by atoms with E-state index in [1.165, 1.54) is 0 Å². The summed E-state index contributed by atoms with van der Waals surface area (Å²) < 4.78 is 12.2. The number of amides is 1. The second kappa shape index (κ2) is 7.57. The first-order valence-electron chi connectivity index (χ1n) is 7.87. The Bertz CT molecular complexity index is 901. The van der Waals surface area contributed by atoms with E-state index in [4.69, 9.17) is 9.15 Å². The molecule has 0 saturated carbocycles. The molecule has 0 aliphatic carbocycles. The Morgan fingerprint density at radius 2 is 1.92 bits per heavy atom. The topological polar surface area (TPSA) is 51.5 Å². The average molecular weight is 400 g/mol. The maximum Gasteiger partial charge on any atom is 0.291 e. The number of hydrogen-bond donors (Lipinski definition) is 1. The largest absolute Gasteiger partial charge is 0.485 e. The van der Waals surface area contributed by atoms with Crippen LogP contribution in [0.15, 0.2) is 63.5 Å². The van der Waals surface area contributed by atoms with Crippen molar-refractivity contribution in [3.8, 4) is 5.75 Å². The highest BCUT2D eigenvalue weighted by molar-refractivity contribution is 9.10. The van der Waals surface area contributed by atoms with Gasteiger partial charge < -0.3 is 14.5 Å². The molecule has 0 aliphatic heterocycles. The fraction of sp³-hybridized carbons (Fsp3) is 0.150. The first-order chi connectivity index (χ1) is 12.0. The molecule has 0 radical (unpaired) electrons. The molecule has 1 N–H and O–H groups in total. The zero-order valence-corrected chi connectivity index (χ0v) is 15.6. The van der Waals surface area contributed by atoms with Gasteiger partial charge in [-0.15, -0.1) is 0 Å². The Balaban J connectivity index is 1.65. The van der Waals surface area contributed by atoms with Gasteiger partial charge in [0.1, 0.15) is 18.1 Å². The van der Waals surface area contributed by atoms with Crippen molar-refractivity contribution in [3.05, 3.63) is 81.7 Å². The van der Waals surface area contributed by atoms with Crippen LogP contribution in [-0.4, -0.2) is 5.91 Å². The Hall–Kier alpha value is -2.53. The number of hydrogen-bond acceptors (Lipinski definition) is 3. The number of aryl methyl sites for hydroxylation is 2. The number of ether oxygens (including phenoxy) is 1. The Labute approximate surface area is 154 Å². The van der Waals surface area contributed by atoms with Gasteiger partial charge in [0.05, 0.1) is 5.69 Å². The van der Waals surface area contributed by atoms with E-state index in [1.807, 2.05) is 56.3 Å². The number of halogens is 1. The van der Waals surface area contributed by atoms with Crippen molar-refractivity contribution in [2.75, 3.05) is 5.32 Å². The highest BCUT2D eigenvalue weighted by atomic mass is 79.9. The number of furan rings is 1. The van der Waals surface area contributed by atoms with Gasteiger partial charge in [-0.2, -0.15) is 0 Å². The Morgan fingerprint density at radius 1 is 1.12 bits per heavy atom. The van der Waals surface area contributed by atoms with Crippen molar-refractivity contribution in [2.45, 2.75) is 20.5 Å². The number of carbonyl (C=O) groups excluding carboxylic acids is 1. The molecule has 4 nitrogen and oxygen atoms in total. The average Bonchev–Trinajstić information content (AvgIpc) is 3.07. The highest BCUT2D eigenvalue weighted by Gasteiger charge is 2.13. The predicted molar refractivity (Wildman–Crippen MR) is 101 cm³/mol. The van der Waals surface area contributed by atoms with Crippen LogP contribution in [0.1, 0.15) is 27.4 Å². The SMILES string of the molecule is Cc1ccc(C)c(OCc2ccc(C(=O)Nc3ccccc3Br)o2)c1. The van der Waals surface area contributed by atoms with Gasteiger partial charge in [-0.05, 0) is 71.2 Å². The lowest BCUT2D eigenvalue weighted by molar-refractivity contribution is 0.0992. The molecule has 0 spiro atoms. The highest BCUT2D eigenvalue weighted by Crippen LogP contribution is 2.23. The second-order valence-electron chi connectivity index (χ2n) is 5.76.